The number of hydrogen-bond donors (Lipinski definition) is 2. The van der Waals surface area contributed by atoms with E-state index in [0.717, 1.165) is 12.1 Å². The minimum atomic E-state index is -4.82. The average molecular weight is 386 g/mol. The van der Waals surface area contributed by atoms with E-state index >= 15 is 0 Å². The first-order chi connectivity index (χ1) is 10.5. The molecule has 3 N–H and O–H groups in total. The molecule has 136 valence electrons. The second-order valence-electron chi connectivity index (χ2n) is 5.50. The van der Waals surface area contributed by atoms with Crippen LogP contribution < -0.4 is 10.5 Å². The number of nitrogens with two attached hydrogens (primary N) is 1. The van der Waals surface area contributed by atoms with Crippen molar-refractivity contribution < 1.29 is 21.6 Å². The van der Waals surface area contributed by atoms with Gasteiger partial charge in [0.25, 0.3) is 0 Å². The van der Waals surface area contributed by atoms with E-state index in [2.05, 4.69) is 4.72 Å². The Bertz CT molecular complexity index is 700. The van der Waals surface area contributed by atoms with Crippen LogP contribution in [0.15, 0.2) is 23.1 Å². The van der Waals surface area contributed by atoms with Crippen LogP contribution in [0, 0.1) is 17.2 Å². The highest BCUT2D eigenvalue weighted by Crippen LogP contribution is 2.33. The molecule has 5 nitrogen and oxygen atoms in total. The lowest BCUT2D eigenvalue weighted by Crippen LogP contribution is -2.41. The van der Waals surface area contributed by atoms with Gasteiger partial charge < -0.3 is 5.73 Å². The summed E-state index contributed by atoms with van der Waals surface area (Å²) in [5, 5.41) is 8.73. The van der Waals surface area contributed by atoms with E-state index in [1.807, 2.05) is 13.8 Å². The normalized spacial score (nSPS) is 13.2. The molecule has 0 fully saturated rings. The van der Waals surface area contributed by atoms with Crippen LogP contribution in [0.3, 0.4) is 0 Å². The molecule has 0 saturated carbocycles. The fraction of sp³-hybridized carbons (Fsp3) is 0.500. The molecule has 0 bridgehead atoms. The van der Waals surface area contributed by atoms with E-state index in [0.29, 0.717) is 12.5 Å². The summed E-state index contributed by atoms with van der Waals surface area (Å²) in [5.74, 6) is 0.165. The number of nitriles is 1. The molecule has 1 atom stereocenters. The standard InChI is InChI=1S/C14H18F3N3O2S.ClH/c1-9(2)5-11(8-19)20-23(21,22)12-4-3-10(7-18)13(6-12)14(15,16)17;/h3-4,6,9,11,20H,5,8,19H2,1-2H3;1H. The first-order valence-electron chi connectivity index (χ1n) is 6.85. The molecule has 0 aliphatic heterocycles. The Kier molecular flexibility index (Phi) is 8.18. The molecular weight excluding hydrogens is 367 g/mol. The number of benzene rings is 1. The van der Waals surface area contributed by atoms with Crippen molar-refractivity contribution in [1.29, 1.82) is 5.26 Å². The van der Waals surface area contributed by atoms with Crippen LogP contribution in [-0.2, 0) is 16.2 Å². The molecular formula is C14H19ClF3N3O2S. The molecule has 10 heteroatoms. The molecule has 0 aliphatic carbocycles. The predicted molar refractivity (Wildman–Crippen MR) is 86.0 cm³/mol. The lowest BCUT2D eigenvalue weighted by molar-refractivity contribution is -0.137. The van der Waals surface area contributed by atoms with E-state index in [1.54, 1.807) is 0 Å². The molecule has 0 heterocycles. The molecule has 0 aromatic heterocycles. The van der Waals surface area contributed by atoms with Gasteiger partial charge >= 0.3 is 6.18 Å². The molecule has 0 saturated heterocycles. The van der Waals surface area contributed by atoms with Crippen molar-refractivity contribution in [3.63, 3.8) is 0 Å². The third kappa shape index (κ3) is 5.94. The summed E-state index contributed by atoms with van der Waals surface area (Å²) in [4.78, 5) is -0.550. The van der Waals surface area contributed by atoms with Crippen molar-refractivity contribution in [2.24, 2.45) is 11.7 Å². The third-order valence-electron chi connectivity index (χ3n) is 3.09. The van der Waals surface area contributed by atoms with Crippen LogP contribution in [0.2, 0.25) is 0 Å². The minimum Gasteiger partial charge on any atom is -0.329 e. The van der Waals surface area contributed by atoms with E-state index in [4.69, 9.17) is 11.0 Å². The summed E-state index contributed by atoms with van der Waals surface area (Å²) in [6, 6.07) is 3.10. The van der Waals surface area contributed by atoms with Crippen LogP contribution in [0.4, 0.5) is 13.2 Å². The highest BCUT2D eigenvalue weighted by atomic mass is 35.5. The first-order valence-corrected chi connectivity index (χ1v) is 8.33. The Morgan fingerprint density at radius 1 is 1.33 bits per heavy atom. The van der Waals surface area contributed by atoms with Gasteiger partial charge in [-0.05, 0) is 30.5 Å². The van der Waals surface area contributed by atoms with Gasteiger partial charge in [-0.3, -0.25) is 0 Å². The van der Waals surface area contributed by atoms with Gasteiger partial charge in [0.2, 0.25) is 10.0 Å². The van der Waals surface area contributed by atoms with E-state index in [1.165, 1.54) is 6.07 Å². The molecule has 0 spiro atoms. The summed E-state index contributed by atoms with van der Waals surface area (Å²) in [6.07, 6.45) is -4.36. The second-order valence-corrected chi connectivity index (χ2v) is 7.21. The fourth-order valence-corrected chi connectivity index (χ4v) is 3.36. The Morgan fingerprint density at radius 2 is 1.92 bits per heavy atom. The third-order valence-corrected chi connectivity index (χ3v) is 4.61. The topological polar surface area (TPSA) is 96.0 Å². The fourth-order valence-electron chi connectivity index (χ4n) is 2.07. The second kappa shape index (κ2) is 8.67. The average Bonchev–Trinajstić information content (AvgIpc) is 2.44. The predicted octanol–water partition coefficient (Wildman–Crippen LogP) is 2.65. The van der Waals surface area contributed by atoms with Crippen molar-refractivity contribution in [3.05, 3.63) is 29.3 Å². The first kappa shape index (κ1) is 22.7. The Morgan fingerprint density at radius 3 is 2.33 bits per heavy atom. The zero-order valence-electron chi connectivity index (χ0n) is 13.1. The molecule has 1 aromatic carbocycles. The van der Waals surface area contributed by atoms with Crippen molar-refractivity contribution >= 4 is 22.4 Å². The van der Waals surface area contributed by atoms with Gasteiger partial charge in [0.15, 0.2) is 0 Å². The summed E-state index contributed by atoms with van der Waals surface area (Å²) >= 11 is 0. The monoisotopic (exact) mass is 385 g/mol. The van der Waals surface area contributed by atoms with Gasteiger partial charge in [-0.1, -0.05) is 13.8 Å². The van der Waals surface area contributed by atoms with E-state index in [-0.39, 0.29) is 24.9 Å². The van der Waals surface area contributed by atoms with Gasteiger partial charge in [0.05, 0.1) is 22.1 Å². The smallest absolute Gasteiger partial charge is 0.329 e. The SMILES string of the molecule is CC(C)CC(CN)NS(=O)(=O)c1ccc(C#N)c(C(F)(F)F)c1.Cl. The lowest BCUT2D eigenvalue weighted by Gasteiger charge is -2.19. The number of hydrogen-bond acceptors (Lipinski definition) is 4. The largest absolute Gasteiger partial charge is 0.417 e. The highest BCUT2D eigenvalue weighted by Gasteiger charge is 2.35. The summed E-state index contributed by atoms with van der Waals surface area (Å²) in [7, 11) is -4.16. The van der Waals surface area contributed by atoms with Crippen LogP contribution in [0.5, 0.6) is 0 Å². The zero-order valence-corrected chi connectivity index (χ0v) is 14.7. The number of halogens is 4. The number of alkyl halides is 3. The van der Waals surface area contributed by atoms with E-state index in [9.17, 15) is 21.6 Å². The van der Waals surface area contributed by atoms with Gasteiger partial charge in [0.1, 0.15) is 0 Å². The van der Waals surface area contributed by atoms with Gasteiger partial charge in [-0.2, -0.15) is 18.4 Å². The minimum absolute atomic E-state index is 0. The van der Waals surface area contributed by atoms with Gasteiger partial charge in [0, 0.05) is 12.6 Å². The van der Waals surface area contributed by atoms with Crippen molar-refractivity contribution in [1.82, 2.24) is 4.72 Å². The molecule has 1 aromatic rings. The van der Waals surface area contributed by atoms with Crippen molar-refractivity contribution in [2.75, 3.05) is 6.54 Å². The molecule has 1 rings (SSSR count). The molecule has 1 unspecified atom stereocenters. The van der Waals surface area contributed by atoms with Crippen LogP contribution in [-0.4, -0.2) is 21.0 Å². The number of nitrogens with zero attached hydrogens (tertiary/aromatic N) is 1. The summed E-state index contributed by atoms with van der Waals surface area (Å²) in [5.41, 5.74) is 3.59. The van der Waals surface area contributed by atoms with Crippen LogP contribution in [0.1, 0.15) is 31.4 Å². The molecule has 0 radical (unpaired) electrons. The number of nitrogens with one attached hydrogen (secondary N) is 1. The summed E-state index contributed by atoms with van der Waals surface area (Å²) in [6.45, 7) is 3.78. The van der Waals surface area contributed by atoms with Gasteiger partial charge in [-0.25, -0.2) is 13.1 Å². The Hall–Kier alpha value is -1.34. The van der Waals surface area contributed by atoms with E-state index < -0.39 is 38.3 Å². The molecule has 0 amide bonds. The maximum Gasteiger partial charge on any atom is 0.417 e. The Balaban J connectivity index is 0.00000529. The number of sulfonamides is 1. The Labute approximate surface area is 145 Å². The van der Waals surface area contributed by atoms with Gasteiger partial charge in [-0.15, -0.1) is 12.4 Å². The van der Waals surface area contributed by atoms with Crippen molar-refractivity contribution in [3.8, 4) is 6.07 Å². The maximum atomic E-state index is 12.9. The maximum absolute atomic E-state index is 12.9. The zero-order chi connectivity index (χ0) is 17.8. The molecule has 24 heavy (non-hydrogen) atoms. The van der Waals surface area contributed by atoms with Crippen molar-refractivity contribution in [2.45, 2.75) is 37.4 Å². The summed E-state index contributed by atoms with van der Waals surface area (Å²) < 4.78 is 65.5. The van der Waals surface area contributed by atoms with Crippen LogP contribution >= 0.6 is 12.4 Å². The lowest BCUT2D eigenvalue weighted by atomic mass is 10.1. The highest BCUT2D eigenvalue weighted by molar-refractivity contribution is 7.89. The number of rotatable bonds is 6. The quantitative estimate of drug-likeness (QED) is 0.786. The molecule has 0 aliphatic rings. The van der Waals surface area contributed by atoms with Crippen LogP contribution in [0.25, 0.3) is 0 Å².